The Labute approximate surface area is 115 Å². The van der Waals surface area contributed by atoms with Crippen LogP contribution in [0.4, 0.5) is 11.5 Å². The molecule has 0 unspecified atom stereocenters. The van der Waals surface area contributed by atoms with Crippen LogP contribution in [0.2, 0.25) is 0 Å². The summed E-state index contributed by atoms with van der Waals surface area (Å²) in [5, 5.41) is 19.1. The van der Waals surface area contributed by atoms with Crippen molar-refractivity contribution in [2.24, 2.45) is 0 Å². The van der Waals surface area contributed by atoms with Crippen LogP contribution in [0.15, 0.2) is 12.1 Å². The van der Waals surface area contributed by atoms with Gasteiger partial charge in [0, 0.05) is 17.5 Å². The quantitative estimate of drug-likeness (QED) is 0.682. The van der Waals surface area contributed by atoms with Crippen molar-refractivity contribution in [1.82, 2.24) is 15.0 Å². The fraction of sp³-hybridized carbons (Fsp3) is 0.385. The van der Waals surface area contributed by atoms with Crippen LogP contribution in [-0.4, -0.2) is 19.9 Å². The third-order valence-electron chi connectivity index (χ3n) is 3.64. The van der Waals surface area contributed by atoms with E-state index in [-0.39, 0.29) is 10.6 Å². The number of nitro benzene ring substituents is 1. The molecule has 1 aromatic heterocycles. The van der Waals surface area contributed by atoms with Gasteiger partial charge in [-0.1, -0.05) is 5.21 Å². The highest BCUT2D eigenvalue weighted by Gasteiger charge is 2.31. The molecule has 1 fully saturated rings. The first kappa shape index (κ1) is 12.6. The molecule has 1 aliphatic rings. The van der Waals surface area contributed by atoms with Gasteiger partial charge in [0.1, 0.15) is 0 Å². The van der Waals surface area contributed by atoms with Crippen LogP contribution in [0, 0.1) is 24.0 Å². The van der Waals surface area contributed by atoms with Gasteiger partial charge in [0.15, 0.2) is 5.82 Å². The van der Waals surface area contributed by atoms with E-state index in [9.17, 15) is 10.1 Å². The van der Waals surface area contributed by atoms with E-state index in [1.54, 1.807) is 23.7 Å². The van der Waals surface area contributed by atoms with E-state index in [1.807, 2.05) is 6.92 Å². The monoisotopic (exact) mass is 273 g/mol. The van der Waals surface area contributed by atoms with Gasteiger partial charge in [-0.15, -0.1) is 5.10 Å². The summed E-state index contributed by atoms with van der Waals surface area (Å²) in [5.74, 6) is 0.778. The molecule has 0 radical (unpaired) electrons. The summed E-state index contributed by atoms with van der Waals surface area (Å²) in [4.78, 5) is 10.7. The van der Waals surface area contributed by atoms with Crippen LogP contribution in [0.25, 0.3) is 5.69 Å². The summed E-state index contributed by atoms with van der Waals surface area (Å²) in [6, 6.07) is 3.34. The molecule has 3 rings (SSSR count). The molecule has 0 bridgehead atoms. The predicted molar refractivity (Wildman–Crippen MR) is 73.9 cm³/mol. The van der Waals surface area contributed by atoms with Crippen molar-refractivity contribution >= 4 is 11.5 Å². The second-order valence-corrected chi connectivity index (χ2v) is 5.23. The molecule has 0 atom stereocenters. The van der Waals surface area contributed by atoms with Crippen LogP contribution >= 0.6 is 0 Å². The lowest BCUT2D eigenvalue weighted by Crippen LogP contribution is -2.06. The molecule has 0 aliphatic heterocycles. The fourth-order valence-corrected chi connectivity index (χ4v) is 2.47. The minimum Gasteiger partial charge on any atom is -0.381 e. The fourth-order valence-electron chi connectivity index (χ4n) is 2.47. The molecule has 0 amide bonds. The standard InChI is InChI=1S/C13H15N5O2/c1-7-5-8(2)11(18(19)20)6-10(7)17-12(9-3-4-9)13(14)15-16-17/h5-6,9H,3-4,14H2,1-2H3. The van der Waals surface area contributed by atoms with Crippen molar-refractivity contribution in [3.63, 3.8) is 0 Å². The van der Waals surface area contributed by atoms with Crippen molar-refractivity contribution < 1.29 is 4.92 Å². The number of aryl methyl sites for hydroxylation is 2. The summed E-state index contributed by atoms with van der Waals surface area (Å²) in [6.45, 7) is 3.63. The Morgan fingerprint density at radius 1 is 1.35 bits per heavy atom. The maximum atomic E-state index is 11.1. The largest absolute Gasteiger partial charge is 0.381 e. The van der Waals surface area contributed by atoms with Gasteiger partial charge in [-0.25, -0.2) is 4.68 Å². The lowest BCUT2D eigenvalue weighted by molar-refractivity contribution is -0.385. The van der Waals surface area contributed by atoms with Crippen molar-refractivity contribution in [1.29, 1.82) is 0 Å². The minimum atomic E-state index is -0.380. The van der Waals surface area contributed by atoms with Crippen molar-refractivity contribution in [3.8, 4) is 5.69 Å². The normalized spacial score (nSPS) is 14.5. The van der Waals surface area contributed by atoms with Gasteiger partial charge < -0.3 is 5.73 Å². The number of nitrogens with two attached hydrogens (primary N) is 1. The first-order valence-corrected chi connectivity index (χ1v) is 6.46. The highest BCUT2D eigenvalue weighted by molar-refractivity contribution is 5.55. The molecule has 0 spiro atoms. The van der Waals surface area contributed by atoms with Gasteiger partial charge in [-0.3, -0.25) is 10.1 Å². The van der Waals surface area contributed by atoms with Gasteiger partial charge in [-0.05, 0) is 38.3 Å². The van der Waals surface area contributed by atoms with E-state index >= 15 is 0 Å². The summed E-state index contributed by atoms with van der Waals surface area (Å²) < 4.78 is 1.65. The molecule has 7 nitrogen and oxygen atoms in total. The Balaban J connectivity index is 2.19. The SMILES string of the molecule is Cc1cc(C)c([N+](=O)[O-])cc1-n1nnc(N)c1C1CC1. The van der Waals surface area contributed by atoms with E-state index in [2.05, 4.69) is 10.3 Å². The number of nitro groups is 1. The van der Waals surface area contributed by atoms with Crippen LogP contribution in [0.1, 0.15) is 35.6 Å². The van der Waals surface area contributed by atoms with Crippen molar-refractivity contribution in [2.75, 3.05) is 5.73 Å². The van der Waals surface area contributed by atoms with Crippen LogP contribution < -0.4 is 5.73 Å². The molecule has 2 N–H and O–H groups in total. The second kappa shape index (κ2) is 4.29. The second-order valence-electron chi connectivity index (χ2n) is 5.23. The number of nitrogens with zero attached hydrogens (tertiary/aromatic N) is 4. The zero-order valence-electron chi connectivity index (χ0n) is 11.3. The van der Waals surface area contributed by atoms with Crippen LogP contribution in [0.5, 0.6) is 0 Å². The molecule has 2 aromatic rings. The number of hydrogen-bond acceptors (Lipinski definition) is 5. The Kier molecular flexibility index (Phi) is 2.70. The zero-order valence-corrected chi connectivity index (χ0v) is 11.3. The maximum Gasteiger partial charge on any atom is 0.274 e. The molecule has 1 aliphatic carbocycles. The van der Waals surface area contributed by atoms with Crippen molar-refractivity contribution in [3.05, 3.63) is 39.1 Å². The Bertz CT molecular complexity index is 703. The molecule has 1 saturated carbocycles. The molecule has 20 heavy (non-hydrogen) atoms. The predicted octanol–water partition coefficient (Wildman–Crippen LogP) is 2.25. The minimum absolute atomic E-state index is 0.0846. The number of benzene rings is 1. The third kappa shape index (κ3) is 1.91. The van der Waals surface area contributed by atoms with Gasteiger partial charge >= 0.3 is 0 Å². The number of anilines is 1. The lowest BCUT2D eigenvalue weighted by atomic mass is 10.1. The van der Waals surface area contributed by atoms with Crippen molar-refractivity contribution in [2.45, 2.75) is 32.6 Å². The zero-order chi connectivity index (χ0) is 14.4. The smallest absolute Gasteiger partial charge is 0.274 e. The average Bonchev–Trinajstić information content (AvgIpc) is 3.13. The average molecular weight is 273 g/mol. The highest BCUT2D eigenvalue weighted by atomic mass is 16.6. The van der Waals surface area contributed by atoms with Gasteiger partial charge in [0.2, 0.25) is 0 Å². The van der Waals surface area contributed by atoms with Gasteiger partial charge in [0.05, 0.1) is 16.3 Å². The molecule has 104 valence electrons. The molecule has 1 heterocycles. The van der Waals surface area contributed by atoms with Crippen LogP contribution in [0.3, 0.4) is 0 Å². The highest BCUT2D eigenvalue weighted by Crippen LogP contribution is 2.43. The van der Waals surface area contributed by atoms with E-state index < -0.39 is 0 Å². The van der Waals surface area contributed by atoms with E-state index in [1.165, 1.54) is 0 Å². The molecule has 7 heteroatoms. The third-order valence-corrected chi connectivity index (χ3v) is 3.64. The first-order chi connectivity index (χ1) is 9.49. The summed E-state index contributed by atoms with van der Waals surface area (Å²) in [7, 11) is 0. The summed E-state index contributed by atoms with van der Waals surface area (Å²) in [5.41, 5.74) is 9.05. The molecule has 0 saturated heterocycles. The summed E-state index contributed by atoms with van der Waals surface area (Å²) >= 11 is 0. The maximum absolute atomic E-state index is 11.1. The van der Waals surface area contributed by atoms with E-state index in [4.69, 9.17) is 5.73 Å². The van der Waals surface area contributed by atoms with Gasteiger partial charge in [0.25, 0.3) is 5.69 Å². The number of nitrogen functional groups attached to an aromatic ring is 1. The number of aromatic nitrogens is 3. The molecular weight excluding hydrogens is 258 g/mol. The lowest BCUT2D eigenvalue weighted by Gasteiger charge is -2.10. The molecule has 1 aromatic carbocycles. The topological polar surface area (TPSA) is 99.9 Å². The Morgan fingerprint density at radius 2 is 2.05 bits per heavy atom. The number of rotatable bonds is 3. The summed E-state index contributed by atoms with van der Waals surface area (Å²) in [6.07, 6.45) is 2.12. The van der Waals surface area contributed by atoms with E-state index in [0.717, 1.165) is 24.1 Å². The van der Waals surface area contributed by atoms with Crippen LogP contribution in [-0.2, 0) is 0 Å². The van der Waals surface area contributed by atoms with E-state index in [0.29, 0.717) is 23.0 Å². The Hall–Kier alpha value is -2.44. The molecular formula is C13H15N5O2. The Morgan fingerprint density at radius 3 is 2.65 bits per heavy atom. The number of hydrogen-bond donors (Lipinski definition) is 1. The first-order valence-electron chi connectivity index (χ1n) is 6.46. The van der Waals surface area contributed by atoms with Gasteiger partial charge in [-0.2, -0.15) is 0 Å².